The van der Waals surface area contributed by atoms with Crippen LogP contribution >= 0.6 is 11.6 Å². The van der Waals surface area contributed by atoms with Crippen molar-refractivity contribution in [1.29, 1.82) is 5.26 Å². The minimum Gasteiger partial charge on any atom is -0.236 e. The molecule has 0 fully saturated rings. The summed E-state index contributed by atoms with van der Waals surface area (Å²) >= 11 is 6.21. The highest BCUT2D eigenvalue weighted by Gasteiger charge is 2.10. The molecule has 1 aromatic heterocycles. The third-order valence-electron chi connectivity index (χ3n) is 2.86. The molecule has 0 aliphatic heterocycles. The predicted octanol–water partition coefficient (Wildman–Crippen LogP) is 3.52. The lowest BCUT2D eigenvalue weighted by molar-refractivity contribution is 0.794. The molecule has 0 aliphatic carbocycles. The van der Waals surface area contributed by atoms with E-state index in [9.17, 15) is 0 Å². The Balaban J connectivity index is 2.54. The molecule has 0 N–H and O–H groups in total. The van der Waals surface area contributed by atoms with Gasteiger partial charge in [-0.1, -0.05) is 25.4 Å². The first-order valence-electron chi connectivity index (χ1n) is 5.97. The zero-order valence-electron chi connectivity index (χ0n) is 10.4. The fourth-order valence-corrected chi connectivity index (χ4v) is 2.12. The van der Waals surface area contributed by atoms with Crippen LogP contribution in [0.5, 0.6) is 0 Å². The highest BCUT2D eigenvalue weighted by Crippen LogP contribution is 2.23. The van der Waals surface area contributed by atoms with Crippen molar-refractivity contribution in [3.8, 4) is 11.8 Å². The summed E-state index contributed by atoms with van der Waals surface area (Å²) in [6.45, 7) is 4.16. The van der Waals surface area contributed by atoms with Crippen molar-refractivity contribution >= 4 is 11.6 Å². The molecule has 92 valence electrons. The zero-order valence-corrected chi connectivity index (χ0v) is 11.2. The standard InChI is InChI=1S/C14H14ClN3/c1-3-11-8-12(4-2)18(17-11)14-6-5-10(9-16)7-13(14)15/h5-8H,3-4H2,1-2H3. The quantitative estimate of drug-likeness (QED) is 0.846. The minimum absolute atomic E-state index is 0.550. The molecule has 0 saturated heterocycles. The van der Waals surface area contributed by atoms with Gasteiger partial charge in [-0.2, -0.15) is 10.4 Å². The van der Waals surface area contributed by atoms with Gasteiger partial charge in [0.25, 0.3) is 0 Å². The molecule has 0 atom stereocenters. The van der Waals surface area contributed by atoms with E-state index in [4.69, 9.17) is 16.9 Å². The number of hydrogen-bond donors (Lipinski definition) is 0. The monoisotopic (exact) mass is 259 g/mol. The van der Waals surface area contributed by atoms with Crippen LogP contribution in [0.25, 0.3) is 5.69 Å². The molecule has 3 nitrogen and oxygen atoms in total. The Hall–Kier alpha value is -1.79. The molecule has 18 heavy (non-hydrogen) atoms. The van der Waals surface area contributed by atoms with Crippen LogP contribution in [-0.4, -0.2) is 9.78 Å². The maximum absolute atomic E-state index is 8.84. The SMILES string of the molecule is CCc1cc(CC)n(-c2ccc(C#N)cc2Cl)n1. The normalized spacial score (nSPS) is 10.3. The van der Waals surface area contributed by atoms with Crippen molar-refractivity contribution in [1.82, 2.24) is 9.78 Å². The van der Waals surface area contributed by atoms with Crippen LogP contribution in [-0.2, 0) is 12.8 Å². The Labute approximate surface area is 112 Å². The van der Waals surface area contributed by atoms with Gasteiger partial charge in [-0.25, -0.2) is 4.68 Å². The number of aromatic nitrogens is 2. The number of nitrogens with zero attached hydrogens (tertiary/aromatic N) is 3. The van der Waals surface area contributed by atoms with Gasteiger partial charge in [0, 0.05) is 5.69 Å². The van der Waals surface area contributed by atoms with Gasteiger partial charge in [0.2, 0.25) is 0 Å². The van der Waals surface area contributed by atoms with Gasteiger partial charge in [0.15, 0.2) is 0 Å². The zero-order chi connectivity index (χ0) is 13.1. The van der Waals surface area contributed by atoms with Gasteiger partial charge < -0.3 is 0 Å². The van der Waals surface area contributed by atoms with Crippen LogP contribution < -0.4 is 0 Å². The molecule has 0 unspecified atom stereocenters. The van der Waals surface area contributed by atoms with E-state index in [1.807, 2.05) is 10.7 Å². The Morgan fingerprint density at radius 3 is 2.61 bits per heavy atom. The highest BCUT2D eigenvalue weighted by atomic mass is 35.5. The molecule has 0 aliphatic rings. The average molecular weight is 260 g/mol. The summed E-state index contributed by atoms with van der Waals surface area (Å²) in [7, 11) is 0. The second kappa shape index (κ2) is 5.24. The minimum atomic E-state index is 0.550. The van der Waals surface area contributed by atoms with E-state index in [0.717, 1.165) is 29.9 Å². The van der Waals surface area contributed by atoms with Crippen LogP contribution in [0.3, 0.4) is 0 Å². The lowest BCUT2D eigenvalue weighted by atomic mass is 10.2. The van der Waals surface area contributed by atoms with Crippen LogP contribution in [0.4, 0.5) is 0 Å². The molecular formula is C14H14ClN3. The second-order valence-corrected chi connectivity index (χ2v) is 4.43. The molecule has 0 spiro atoms. The summed E-state index contributed by atoms with van der Waals surface area (Å²) in [5.41, 5.74) is 3.56. The third kappa shape index (κ3) is 2.25. The first-order valence-corrected chi connectivity index (χ1v) is 6.35. The summed E-state index contributed by atoms with van der Waals surface area (Å²) in [5, 5.41) is 13.9. The van der Waals surface area contributed by atoms with Crippen LogP contribution in [0.2, 0.25) is 5.02 Å². The molecule has 2 aromatic rings. The largest absolute Gasteiger partial charge is 0.236 e. The Bertz CT molecular complexity index is 608. The van der Waals surface area contributed by atoms with Crippen molar-refractivity contribution in [2.24, 2.45) is 0 Å². The fourth-order valence-electron chi connectivity index (χ4n) is 1.86. The number of aryl methyl sites for hydroxylation is 2. The maximum atomic E-state index is 8.84. The van der Waals surface area contributed by atoms with E-state index in [1.165, 1.54) is 0 Å². The summed E-state index contributed by atoms with van der Waals surface area (Å²) in [4.78, 5) is 0. The molecule has 2 rings (SSSR count). The second-order valence-electron chi connectivity index (χ2n) is 4.02. The first kappa shape index (κ1) is 12.7. The average Bonchev–Trinajstić information content (AvgIpc) is 2.81. The van der Waals surface area contributed by atoms with Crippen molar-refractivity contribution in [3.05, 3.63) is 46.2 Å². The summed E-state index contributed by atoms with van der Waals surface area (Å²) in [6.07, 6.45) is 1.79. The molecular weight excluding hydrogens is 246 g/mol. The lowest BCUT2D eigenvalue weighted by Crippen LogP contribution is -2.02. The van der Waals surface area contributed by atoms with E-state index in [0.29, 0.717) is 10.6 Å². The maximum Gasteiger partial charge on any atom is 0.0992 e. The molecule has 4 heteroatoms. The van der Waals surface area contributed by atoms with Gasteiger partial charge in [-0.15, -0.1) is 0 Å². The van der Waals surface area contributed by atoms with Gasteiger partial charge in [0.05, 0.1) is 28.0 Å². The molecule has 1 aromatic carbocycles. The number of halogens is 1. The summed E-state index contributed by atoms with van der Waals surface area (Å²) in [6, 6.07) is 9.44. The summed E-state index contributed by atoms with van der Waals surface area (Å²) in [5.74, 6) is 0. The smallest absolute Gasteiger partial charge is 0.0992 e. The predicted molar refractivity (Wildman–Crippen MR) is 72.0 cm³/mol. The van der Waals surface area contributed by atoms with Crippen LogP contribution in [0.1, 0.15) is 30.8 Å². The molecule has 0 amide bonds. The van der Waals surface area contributed by atoms with Crippen molar-refractivity contribution in [3.63, 3.8) is 0 Å². The van der Waals surface area contributed by atoms with E-state index >= 15 is 0 Å². The van der Waals surface area contributed by atoms with E-state index in [2.05, 4.69) is 31.1 Å². The molecule has 0 radical (unpaired) electrons. The first-order chi connectivity index (χ1) is 8.69. The van der Waals surface area contributed by atoms with Crippen LogP contribution in [0.15, 0.2) is 24.3 Å². The summed E-state index contributed by atoms with van der Waals surface area (Å²) < 4.78 is 1.86. The molecule has 0 saturated carbocycles. The van der Waals surface area contributed by atoms with E-state index in [1.54, 1.807) is 12.1 Å². The van der Waals surface area contributed by atoms with Gasteiger partial charge >= 0.3 is 0 Å². The number of benzene rings is 1. The van der Waals surface area contributed by atoms with E-state index < -0.39 is 0 Å². The molecule has 1 heterocycles. The van der Waals surface area contributed by atoms with Gasteiger partial charge in [-0.3, -0.25) is 0 Å². The Morgan fingerprint density at radius 1 is 1.28 bits per heavy atom. The fraction of sp³-hybridized carbons (Fsp3) is 0.286. The third-order valence-corrected chi connectivity index (χ3v) is 3.17. The van der Waals surface area contributed by atoms with Crippen molar-refractivity contribution < 1.29 is 0 Å². The molecule has 0 bridgehead atoms. The van der Waals surface area contributed by atoms with Gasteiger partial charge in [0.1, 0.15) is 0 Å². The topological polar surface area (TPSA) is 41.6 Å². The van der Waals surface area contributed by atoms with Crippen molar-refractivity contribution in [2.45, 2.75) is 26.7 Å². The highest BCUT2D eigenvalue weighted by molar-refractivity contribution is 6.32. The number of rotatable bonds is 3. The lowest BCUT2D eigenvalue weighted by Gasteiger charge is -2.08. The number of nitriles is 1. The number of hydrogen-bond acceptors (Lipinski definition) is 2. The van der Waals surface area contributed by atoms with Crippen molar-refractivity contribution in [2.75, 3.05) is 0 Å². The van der Waals surface area contributed by atoms with Gasteiger partial charge in [-0.05, 0) is 37.1 Å². The Kier molecular flexibility index (Phi) is 3.69. The Morgan fingerprint density at radius 2 is 2.06 bits per heavy atom. The van der Waals surface area contributed by atoms with Crippen LogP contribution in [0, 0.1) is 11.3 Å². The van der Waals surface area contributed by atoms with E-state index in [-0.39, 0.29) is 0 Å².